The fourth-order valence-corrected chi connectivity index (χ4v) is 1.32. The number of hydrogen-bond acceptors (Lipinski definition) is 4. The molecule has 0 atom stereocenters. The second-order valence-corrected chi connectivity index (χ2v) is 3.71. The number of nitrogens with zero attached hydrogens (tertiary/aromatic N) is 3. The molecule has 0 saturated heterocycles. The van der Waals surface area contributed by atoms with E-state index in [1.165, 1.54) is 5.56 Å². The predicted octanol–water partition coefficient (Wildman–Crippen LogP) is 2.45. The molecule has 0 saturated carbocycles. The van der Waals surface area contributed by atoms with Gasteiger partial charge in [0.15, 0.2) is 5.15 Å². The van der Waals surface area contributed by atoms with Gasteiger partial charge in [0.2, 0.25) is 5.95 Å². The van der Waals surface area contributed by atoms with Crippen LogP contribution in [0.3, 0.4) is 0 Å². The average Bonchev–Trinajstić information content (AvgIpc) is 2.32. The van der Waals surface area contributed by atoms with Gasteiger partial charge in [0.1, 0.15) is 0 Å². The smallest absolute Gasteiger partial charge is 0.243 e. The highest BCUT2D eigenvalue weighted by Gasteiger charge is 2.01. The van der Waals surface area contributed by atoms with Crippen LogP contribution in [0.4, 0.5) is 5.95 Å². The van der Waals surface area contributed by atoms with Crippen LogP contribution in [0.1, 0.15) is 11.3 Å². The molecule has 1 aromatic carbocycles. The summed E-state index contributed by atoms with van der Waals surface area (Å²) in [4.78, 5) is 4.17. The summed E-state index contributed by atoms with van der Waals surface area (Å²) in [6.07, 6.45) is 0. The molecule has 0 spiro atoms. The van der Waals surface area contributed by atoms with Crippen molar-refractivity contribution >= 4 is 17.5 Å². The third kappa shape index (κ3) is 2.67. The lowest BCUT2D eigenvalue weighted by atomic mass is 10.2. The first-order chi connectivity index (χ1) is 7.75. The summed E-state index contributed by atoms with van der Waals surface area (Å²) >= 11 is 5.73. The molecule has 2 aromatic rings. The van der Waals surface area contributed by atoms with Crippen molar-refractivity contribution in [2.45, 2.75) is 13.5 Å². The maximum atomic E-state index is 5.73. The number of nitrogens with one attached hydrogen (secondary N) is 1. The standard InChI is InChI=1S/C11H11ClN4/c1-8-10(12)15-16-11(14-8)13-7-9-5-3-2-4-6-9/h2-6H,7H2,1H3,(H,13,14,16). The van der Waals surface area contributed by atoms with E-state index < -0.39 is 0 Å². The summed E-state index contributed by atoms with van der Waals surface area (Å²) in [7, 11) is 0. The molecule has 0 amide bonds. The largest absolute Gasteiger partial charge is 0.349 e. The highest BCUT2D eigenvalue weighted by Crippen LogP contribution is 2.09. The third-order valence-electron chi connectivity index (χ3n) is 2.10. The second kappa shape index (κ2) is 4.90. The van der Waals surface area contributed by atoms with Crippen LogP contribution in [0.5, 0.6) is 0 Å². The molecule has 16 heavy (non-hydrogen) atoms. The molecular weight excluding hydrogens is 224 g/mol. The van der Waals surface area contributed by atoms with E-state index in [0.29, 0.717) is 23.3 Å². The van der Waals surface area contributed by atoms with Crippen molar-refractivity contribution in [1.29, 1.82) is 0 Å². The summed E-state index contributed by atoms with van der Waals surface area (Å²) in [5, 5.41) is 11.1. The van der Waals surface area contributed by atoms with E-state index in [1.807, 2.05) is 30.3 Å². The van der Waals surface area contributed by atoms with Crippen LogP contribution in [-0.4, -0.2) is 15.2 Å². The fourth-order valence-electron chi connectivity index (χ4n) is 1.24. The number of aromatic nitrogens is 3. The Balaban J connectivity index is 2.03. The number of rotatable bonds is 3. The Labute approximate surface area is 98.7 Å². The Morgan fingerprint density at radius 3 is 2.62 bits per heavy atom. The third-order valence-corrected chi connectivity index (χ3v) is 2.45. The molecule has 1 N–H and O–H groups in total. The molecule has 82 valence electrons. The first-order valence-corrected chi connectivity index (χ1v) is 5.28. The molecule has 4 nitrogen and oxygen atoms in total. The van der Waals surface area contributed by atoms with Crippen LogP contribution in [0.25, 0.3) is 0 Å². The van der Waals surface area contributed by atoms with Crippen LogP contribution in [0, 0.1) is 6.92 Å². The molecule has 0 aliphatic rings. The zero-order valence-corrected chi connectivity index (χ0v) is 9.57. The van der Waals surface area contributed by atoms with Gasteiger partial charge in [-0.05, 0) is 12.5 Å². The van der Waals surface area contributed by atoms with E-state index in [4.69, 9.17) is 11.6 Å². The van der Waals surface area contributed by atoms with Gasteiger partial charge in [0.25, 0.3) is 0 Å². The number of halogens is 1. The maximum Gasteiger partial charge on any atom is 0.243 e. The molecular formula is C11H11ClN4. The Morgan fingerprint density at radius 1 is 1.19 bits per heavy atom. The first-order valence-electron chi connectivity index (χ1n) is 4.90. The van der Waals surface area contributed by atoms with Gasteiger partial charge in [0, 0.05) is 6.54 Å². The zero-order chi connectivity index (χ0) is 11.4. The van der Waals surface area contributed by atoms with Gasteiger partial charge in [-0.15, -0.1) is 10.2 Å². The quantitative estimate of drug-likeness (QED) is 0.886. The van der Waals surface area contributed by atoms with Gasteiger partial charge in [-0.1, -0.05) is 41.9 Å². The number of hydrogen-bond donors (Lipinski definition) is 1. The summed E-state index contributed by atoms with van der Waals surface area (Å²) in [5.74, 6) is 0.491. The van der Waals surface area contributed by atoms with Crippen LogP contribution in [-0.2, 0) is 6.54 Å². The molecule has 0 unspecified atom stereocenters. The Kier molecular flexibility index (Phi) is 3.31. The molecule has 0 aliphatic heterocycles. The summed E-state index contributed by atoms with van der Waals surface area (Å²) < 4.78 is 0. The lowest BCUT2D eigenvalue weighted by Gasteiger charge is -2.04. The van der Waals surface area contributed by atoms with Gasteiger partial charge < -0.3 is 5.32 Å². The summed E-state index contributed by atoms with van der Waals surface area (Å²) in [5.41, 5.74) is 1.84. The molecule has 1 heterocycles. The molecule has 0 aliphatic carbocycles. The number of anilines is 1. The number of aryl methyl sites for hydroxylation is 1. The average molecular weight is 235 g/mol. The monoisotopic (exact) mass is 234 g/mol. The van der Waals surface area contributed by atoms with Gasteiger partial charge in [-0.25, -0.2) is 4.98 Å². The van der Waals surface area contributed by atoms with Crippen molar-refractivity contribution in [3.8, 4) is 0 Å². The minimum absolute atomic E-state index is 0.338. The summed E-state index contributed by atoms with van der Waals surface area (Å²) in [6, 6.07) is 10.0. The minimum Gasteiger partial charge on any atom is -0.349 e. The number of benzene rings is 1. The first kappa shape index (κ1) is 10.8. The molecule has 1 aromatic heterocycles. The Bertz CT molecular complexity index is 473. The van der Waals surface area contributed by atoms with E-state index >= 15 is 0 Å². The highest BCUT2D eigenvalue weighted by atomic mass is 35.5. The molecule has 0 radical (unpaired) electrons. The lowest BCUT2D eigenvalue weighted by Crippen LogP contribution is -2.05. The van der Waals surface area contributed by atoms with Crippen molar-refractivity contribution in [1.82, 2.24) is 15.2 Å². The lowest BCUT2D eigenvalue weighted by molar-refractivity contribution is 0.922. The van der Waals surface area contributed by atoms with Crippen LogP contribution in [0.15, 0.2) is 30.3 Å². The van der Waals surface area contributed by atoms with Crippen molar-refractivity contribution in [3.05, 3.63) is 46.7 Å². The van der Waals surface area contributed by atoms with Gasteiger partial charge in [0.05, 0.1) is 5.69 Å². The Hall–Kier alpha value is -1.68. The Morgan fingerprint density at radius 2 is 1.94 bits per heavy atom. The normalized spacial score (nSPS) is 10.1. The van der Waals surface area contributed by atoms with E-state index in [1.54, 1.807) is 6.92 Å². The van der Waals surface area contributed by atoms with Crippen LogP contribution >= 0.6 is 11.6 Å². The molecule has 0 bridgehead atoms. The van der Waals surface area contributed by atoms with E-state index in [9.17, 15) is 0 Å². The predicted molar refractivity (Wildman–Crippen MR) is 63.3 cm³/mol. The van der Waals surface area contributed by atoms with Crippen molar-refractivity contribution in [2.75, 3.05) is 5.32 Å². The fraction of sp³-hybridized carbons (Fsp3) is 0.182. The van der Waals surface area contributed by atoms with Crippen molar-refractivity contribution in [3.63, 3.8) is 0 Å². The van der Waals surface area contributed by atoms with E-state index in [0.717, 1.165) is 0 Å². The van der Waals surface area contributed by atoms with E-state index in [2.05, 4.69) is 20.5 Å². The van der Waals surface area contributed by atoms with Gasteiger partial charge >= 0.3 is 0 Å². The minimum atomic E-state index is 0.338. The van der Waals surface area contributed by atoms with Crippen molar-refractivity contribution in [2.24, 2.45) is 0 Å². The zero-order valence-electron chi connectivity index (χ0n) is 8.81. The summed E-state index contributed by atoms with van der Waals surface area (Å²) in [6.45, 7) is 2.47. The van der Waals surface area contributed by atoms with Gasteiger partial charge in [-0.2, -0.15) is 0 Å². The topological polar surface area (TPSA) is 50.7 Å². The maximum absolute atomic E-state index is 5.73. The molecule has 2 rings (SSSR count). The van der Waals surface area contributed by atoms with Crippen LogP contribution in [0.2, 0.25) is 5.15 Å². The van der Waals surface area contributed by atoms with Crippen LogP contribution < -0.4 is 5.32 Å². The molecule has 5 heteroatoms. The van der Waals surface area contributed by atoms with Crippen molar-refractivity contribution < 1.29 is 0 Å². The second-order valence-electron chi connectivity index (χ2n) is 3.35. The SMILES string of the molecule is Cc1nc(NCc2ccccc2)nnc1Cl. The van der Waals surface area contributed by atoms with E-state index in [-0.39, 0.29) is 0 Å². The highest BCUT2D eigenvalue weighted by molar-refractivity contribution is 6.29. The van der Waals surface area contributed by atoms with Gasteiger partial charge in [-0.3, -0.25) is 0 Å². The molecule has 0 fully saturated rings.